The Bertz CT molecular complexity index is 3890. The van der Waals surface area contributed by atoms with Gasteiger partial charge in [0.2, 0.25) is 0 Å². The molecule has 7 nitrogen and oxygen atoms in total. The summed E-state index contributed by atoms with van der Waals surface area (Å²) >= 11 is 2.40. The van der Waals surface area contributed by atoms with Crippen LogP contribution >= 0.6 is 0 Å². The molecular formula is C64H69BN6OPt. The standard InChI is InChI=1S/C64H69BN6O.Pt/c1-41(2)39-65-70(59-31-42(3)29-30-66-59)58-38-52(27-28-53(58)60-43(4)44(5)67-71(60)65)72-51-24-20-23-50(37-51)68-40-69(57-26-19-18-25-56(57)68)61-54(45-21-16-15-17-22-45)35-49(64(12,13)14)36-55(61)46-32-47(62(6,7)8)34-48(33-46)63(9,10)11;/h15-38,41H,39H2,1-14H3;/i15D,16D,17D,21D,22D;. The zero-order chi connectivity index (χ0) is 56.2. The minimum atomic E-state index is -0.430. The molecule has 0 saturated heterocycles. The Morgan fingerprint density at radius 2 is 1.26 bits per heavy atom. The molecule has 9 aromatic rings. The number of pyridine rings is 1. The summed E-state index contributed by atoms with van der Waals surface area (Å²) in [6, 6.07) is 36.3. The summed E-state index contributed by atoms with van der Waals surface area (Å²) in [4.78, 5) is 7.26. The van der Waals surface area contributed by atoms with E-state index in [1.54, 1.807) is 0 Å². The van der Waals surface area contributed by atoms with Crippen molar-refractivity contribution in [2.45, 2.75) is 119 Å². The summed E-state index contributed by atoms with van der Waals surface area (Å²) in [7, 11) is 0. The van der Waals surface area contributed by atoms with Crippen LogP contribution in [-0.4, -0.2) is 30.8 Å². The molecule has 0 unspecified atom stereocenters. The predicted molar refractivity (Wildman–Crippen MR) is 302 cm³/mol. The number of rotatable bonds is 9. The number of aromatic nitrogens is 5. The van der Waals surface area contributed by atoms with Crippen LogP contribution in [0.3, 0.4) is 0 Å². The van der Waals surface area contributed by atoms with E-state index in [0.29, 0.717) is 28.7 Å². The molecule has 0 radical (unpaired) electrons. The van der Waals surface area contributed by atoms with Gasteiger partial charge in [-0.2, -0.15) is 5.10 Å². The van der Waals surface area contributed by atoms with Gasteiger partial charge in [0.05, 0.1) is 5.69 Å². The summed E-state index contributed by atoms with van der Waals surface area (Å²) in [5, 5.41) is 5.13. The quantitative estimate of drug-likeness (QED) is 0.135. The Balaban J connectivity index is 1.20. The molecule has 4 heterocycles. The fourth-order valence-corrected chi connectivity index (χ4v) is 11.2. The molecule has 6 aromatic carbocycles. The number of hydrogen-bond acceptors (Lipinski definition) is 4. The number of para-hydroxylation sites is 2. The van der Waals surface area contributed by atoms with Gasteiger partial charge in [-0.15, -0.1) is 0 Å². The number of benzene rings is 6. The second-order valence-electron chi connectivity index (χ2n) is 23.3. The number of aryl methyl sites for hydroxylation is 2. The zero-order valence-electron chi connectivity index (χ0n) is 49.7. The van der Waals surface area contributed by atoms with Crippen LogP contribution in [0.5, 0.6) is 11.5 Å². The van der Waals surface area contributed by atoms with Crippen LogP contribution in [0, 0.1) is 30.5 Å². The Labute approximate surface area is 451 Å². The molecule has 0 atom stereocenters. The van der Waals surface area contributed by atoms with Crippen molar-refractivity contribution >= 4 is 29.5 Å². The second-order valence-corrected chi connectivity index (χ2v) is 24.3. The van der Waals surface area contributed by atoms with Crippen LogP contribution in [0.1, 0.15) is 117 Å². The summed E-state index contributed by atoms with van der Waals surface area (Å²) in [5.74, 6) is 2.55. The molecule has 1 aliphatic rings. The molecule has 0 N–H and O–H groups in total. The number of fused-ring (bicyclic) bond motifs is 4. The van der Waals surface area contributed by atoms with Crippen molar-refractivity contribution in [3.63, 3.8) is 0 Å². The molecule has 0 amide bonds. The first kappa shape index (κ1) is 44.0. The van der Waals surface area contributed by atoms with Gasteiger partial charge in [-0.1, -0.05) is 13.8 Å². The first-order valence-electron chi connectivity index (χ1n) is 27.9. The Hall–Kier alpha value is -6.50. The predicted octanol–water partition coefficient (Wildman–Crippen LogP) is 16.8. The summed E-state index contributed by atoms with van der Waals surface area (Å²) < 4.78 is 60.0. The average molecular weight is 1150 g/mol. The van der Waals surface area contributed by atoms with Gasteiger partial charge < -0.3 is 0 Å². The fraction of sp³-hybridized carbons (Fsp3) is 0.297. The molecule has 1 aliphatic heterocycles. The van der Waals surface area contributed by atoms with Crippen molar-refractivity contribution in [1.82, 2.24) is 23.8 Å². The topological polar surface area (TPSA) is 53.0 Å². The monoisotopic (exact) mass is 1150 g/mol. The Morgan fingerprint density at radius 1 is 0.644 bits per heavy atom. The summed E-state index contributed by atoms with van der Waals surface area (Å²) in [6.45, 7) is 30.6. The van der Waals surface area contributed by atoms with Crippen molar-refractivity contribution in [2.75, 3.05) is 4.81 Å². The molecule has 10 rings (SSSR count). The summed E-state index contributed by atoms with van der Waals surface area (Å²) in [6.07, 6.45) is 2.73. The van der Waals surface area contributed by atoms with E-state index in [0.717, 1.165) is 83.1 Å². The third-order valence-electron chi connectivity index (χ3n) is 14.2. The molecule has 0 aliphatic carbocycles. The van der Waals surface area contributed by atoms with Crippen LogP contribution in [-0.2, 0) is 35.6 Å². The molecule has 374 valence electrons. The first-order valence-corrected chi connectivity index (χ1v) is 26.6. The molecule has 0 bridgehead atoms. The van der Waals surface area contributed by atoms with E-state index in [4.69, 9.17) is 18.9 Å². The molecular weight excluding hydrogens is 1070 g/mol. The number of imidazole rings is 1. The van der Waals surface area contributed by atoms with Gasteiger partial charge in [-0.05, 0) is 38.3 Å². The molecule has 73 heavy (non-hydrogen) atoms. The SMILES string of the molecule is [2H]c1c([2H])c([2H])c(-c2cc(C(C)(C)C)cc(-c3cc(C(C)(C)C)cc(C(C)(C)C)c3)c2-n2[c](=[Pt])n(-c3cccc(Oc4ccc5c(c4)N(c4cc(C)ccn4)B(CC(C)C)n4nc(C)c(C)c4-5)c3)c3ccccc32)c([2H])c1[2H]. The summed E-state index contributed by atoms with van der Waals surface area (Å²) in [5.41, 5.74) is 14.9. The zero-order valence-corrected chi connectivity index (χ0v) is 47.0. The van der Waals surface area contributed by atoms with E-state index in [1.807, 2.05) is 48.7 Å². The van der Waals surface area contributed by atoms with Gasteiger partial charge in [-0.25, -0.2) is 0 Å². The number of hydrogen-bond donors (Lipinski definition) is 0. The van der Waals surface area contributed by atoms with Gasteiger partial charge in [0.25, 0.3) is 0 Å². The van der Waals surface area contributed by atoms with Gasteiger partial charge >= 0.3 is 385 Å². The average Bonchev–Trinajstić information content (AvgIpc) is 4.05. The van der Waals surface area contributed by atoms with Crippen LogP contribution in [0.4, 0.5) is 11.5 Å². The Morgan fingerprint density at radius 3 is 1.89 bits per heavy atom. The van der Waals surface area contributed by atoms with Crippen molar-refractivity contribution < 1.29 is 30.9 Å². The molecule has 0 saturated carbocycles. The van der Waals surface area contributed by atoms with E-state index < -0.39 is 6.04 Å². The normalized spacial score (nSPS) is 14.0. The third-order valence-corrected chi connectivity index (χ3v) is 15.3. The van der Waals surface area contributed by atoms with E-state index in [9.17, 15) is 2.74 Å². The van der Waals surface area contributed by atoms with Crippen LogP contribution < -0.4 is 9.55 Å². The minimum absolute atomic E-state index is 0.113. The number of ether oxygens (including phenoxy) is 1. The van der Waals surface area contributed by atoms with Crippen molar-refractivity contribution in [2.24, 2.45) is 5.92 Å². The maximum absolute atomic E-state index is 9.52. The van der Waals surface area contributed by atoms with Crippen molar-refractivity contribution in [1.29, 1.82) is 0 Å². The van der Waals surface area contributed by atoms with Crippen LogP contribution in [0.25, 0.3) is 55.9 Å². The molecule has 0 spiro atoms. The molecule has 0 fully saturated rings. The van der Waals surface area contributed by atoms with Gasteiger partial charge in [0.1, 0.15) is 0 Å². The van der Waals surface area contributed by atoms with E-state index in [2.05, 4.69) is 202 Å². The second kappa shape index (κ2) is 18.8. The molecule has 9 heteroatoms. The van der Waals surface area contributed by atoms with E-state index in [-0.39, 0.29) is 53.0 Å². The van der Waals surface area contributed by atoms with Crippen molar-refractivity contribution in [3.05, 3.63) is 183 Å². The van der Waals surface area contributed by atoms with Gasteiger partial charge in [-0.3, -0.25) is 0 Å². The van der Waals surface area contributed by atoms with Crippen LogP contribution in [0.2, 0.25) is 6.32 Å². The van der Waals surface area contributed by atoms with E-state index >= 15 is 0 Å². The fourth-order valence-electron chi connectivity index (χ4n) is 10.1. The first-order chi connectivity index (χ1) is 36.6. The third kappa shape index (κ3) is 9.41. The van der Waals surface area contributed by atoms with Gasteiger partial charge in [0.15, 0.2) is 0 Å². The van der Waals surface area contributed by atoms with Crippen molar-refractivity contribution in [3.8, 4) is 56.4 Å². The maximum atomic E-state index is 9.52. The van der Waals surface area contributed by atoms with Gasteiger partial charge in [0, 0.05) is 6.20 Å². The van der Waals surface area contributed by atoms with Crippen LogP contribution in [0.15, 0.2) is 146 Å². The van der Waals surface area contributed by atoms with E-state index in [1.165, 1.54) is 11.1 Å². The number of nitrogens with zero attached hydrogens (tertiary/aromatic N) is 6. The molecule has 3 aromatic heterocycles. The Kier molecular flexibility index (Phi) is 11.3. The number of anilines is 2.